The van der Waals surface area contributed by atoms with E-state index in [1.54, 1.807) is 17.5 Å². The van der Waals surface area contributed by atoms with E-state index in [1.165, 1.54) is 17.4 Å². The normalized spacial score (nSPS) is 11.2. The molecule has 0 fully saturated rings. The number of hydrogen-bond acceptors (Lipinski definition) is 4. The first kappa shape index (κ1) is 16.2. The highest BCUT2D eigenvalue weighted by atomic mass is 32.1. The molecule has 0 radical (unpaired) electrons. The molecule has 0 N–H and O–H groups in total. The number of Topliss-reactive ketones (excluding diaryl/α,β-unsaturated/α-hetero) is 1. The standard InChI is InChI=1S/C15H11F3O3S/c16-15(17,18)11-4-1-3-10(7-11)13(19)9-21-14(20)8-12-5-2-6-22-12/h1-7H,8-9H2. The van der Waals surface area contributed by atoms with Gasteiger partial charge in [-0.2, -0.15) is 13.2 Å². The molecule has 0 spiro atoms. The zero-order valence-electron chi connectivity index (χ0n) is 11.2. The van der Waals surface area contributed by atoms with E-state index in [0.717, 1.165) is 23.1 Å². The number of hydrogen-bond donors (Lipinski definition) is 0. The smallest absolute Gasteiger partial charge is 0.416 e. The van der Waals surface area contributed by atoms with Crippen LogP contribution in [0.5, 0.6) is 0 Å². The number of carbonyl (C=O) groups excluding carboxylic acids is 2. The minimum Gasteiger partial charge on any atom is -0.457 e. The van der Waals surface area contributed by atoms with Crippen molar-refractivity contribution in [2.75, 3.05) is 6.61 Å². The Kier molecular flexibility index (Phi) is 4.97. The lowest BCUT2D eigenvalue weighted by Crippen LogP contribution is -2.16. The van der Waals surface area contributed by atoms with E-state index in [1.807, 2.05) is 0 Å². The van der Waals surface area contributed by atoms with Gasteiger partial charge in [0.05, 0.1) is 12.0 Å². The minimum absolute atomic E-state index is 0.0353. The number of ether oxygens (including phenoxy) is 1. The SMILES string of the molecule is O=C(Cc1cccs1)OCC(=O)c1cccc(C(F)(F)F)c1. The van der Waals surface area contributed by atoms with Crippen molar-refractivity contribution in [3.63, 3.8) is 0 Å². The third-order valence-corrected chi connectivity index (χ3v) is 3.65. The average Bonchev–Trinajstić information content (AvgIpc) is 2.97. The third-order valence-electron chi connectivity index (χ3n) is 2.77. The molecule has 0 saturated heterocycles. The molecule has 0 aliphatic rings. The first-order valence-electron chi connectivity index (χ1n) is 6.25. The number of carbonyl (C=O) groups is 2. The van der Waals surface area contributed by atoms with Crippen LogP contribution in [0.25, 0.3) is 0 Å². The number of halogens is 3. The zero-order valence-corrected chi connectivity index (χ0v) is 12.0. The van der Waals surface area contributed by atoms with Crippen molar-refractivity contribution in [2.45, 2.75) is 12.6 Å². The molecule has 1 aromatic carbocycles. The summed E-state index contributed by atoms with van der Waals surface area (Å²) in [5, 5.41) is 1.80. The maximum atomic E-state index is 12.6. The molecule has 22 heavy (non-hydrogen) atoms. The second-order valence-corrected chi connectivity index (χ2v) is 5.45. The maximum Gasteiger partial charge on any atom is 0.416 e. The van der Waals surface area contributed by atoms with E-state index < -0.39 is 30.1 Å². The summed E-state index contributed by atoms with van der Waals surface area (Å²) in [5.41, 5.74) is -1.05. The number of alkyl halides is 3. The van der Waals surface area contributed by atoms with E-state index in [9.17, 15) is 22.8 Å². The summed E-state index contributed by atoms with van der Waals surface area (Å²) >= 11 is 1.38. The van der Waals surface area contributed by atoms with Crippen LogP contribution in [-0.2, 0) is 22.1 Å². The van der Waals surface area contributed by atoms with Crippen LogP contribution in [0.2, 0.25) is 0 Å². The van der Waals surface area contributed by atoms with E-state index >= 15 is 0 Å². The summed E-state index contributed by atoms with van der Waals surface area (Å²) in [5.74, 6) is -1.27. The van der Waals surface area contributed by atoms with Crippen molar-refractivity contribution in [1.82, 2.24) is 0 Å². The molecular formula is C15H11F3O3S. The van der Waals surface area contributed by atoms with Crippen LogP contribution in [0.3, 0.4) is 0 Å². The van der Waals surface area contributed by atoms with Gasteiger partial charge in [0.2, 0.25) is 0 Å². The van der Waals surface area contributed by atoms with Crippen molar-refractivity contribution in [3.05, 3.63) is 57.8 Å². The second kappa shape index (κ2) is 6.74. The Labute approximate surface area is 128 Å². The molecule has 0 unspecified atom stereocenters. The lowest BCUT2D eigenvalue weighted by Gasteiger charge is -2.08. The highest BCUT2D eigenvalue weighted by molar-refractivity contribution is 7.10. The van der Waals surface area contributed by atoms with Crippen LogP contribution >= 0.6 is 11.3 Å². The number of esters is 1. The summed E-state index contributed by atoms with van der Waals surface area (Å²) in [7, 11) is 0. The second-order valence-electron chi connectivity index (χ2n) is 4.42. The summed E-state index contributed by atoms with van der Waals surface area (Å²) in [6.45, 7) is -0.578. The Bertz CT molecular complexity index is 663. The molecule has 0 bridgehead atoms. The number of benzene rings is 1. The Morgan fingerprint density at radius 3 is 2.55 bits per heavy atom. The number of thiophene rings is 1. The molecule has 2 rings (SSSR count). The van der Waals surface area contributed by atoms with E-state index in [2.05, 4.69) is 0 Å². The zero-order chi connectivity index (χ0) is 16.2. The highest BCUT2D eigenvalue weighted by Gasteiger charge is 2.30. The van der Waals surface area contributed by atoms with Crippen LogP contribution in [-0.4, -0.2) is 18.4 Å². The van der Waals surface area contributed by atoms with Crippen molar-refractivity contribution in [3.8, 4) is 0 Å². The van der Waals surface area contributed by atoms with Gasteiger partial charge in [-0.1, -0.05) is 18.2 Å². The third kappa shape index (κ3) is 4.42. The summed E-state index contributed by atoms with van der Waals surface area (Å²) in [6, 6.07) is 7.55. The minimum atomic E-state index is -4.52. The Hall–Kier alpha value is -2.15. The van der Waals surface area contributed by atoms with Gasteiger partial charge in [0.25, 0.3) is 0 Å². The van der Waals surface area contributed by atoms with Gasteiger partial charge >= 0.3 is 12.1 Å². The number of rotatable bonds is 5. The Morgan fingerprint density at radius 1 is 1.14 bits per heavy atom. The van der Waals surface area contributed by atoms with Gasteiger partial charge in [0.1, 0.15) is 0 Å². The molecular weight excluding hydrogens is 317 g/mol. The van der Waals surface area contributed by atoms with Gasteiger partial charge in [-0.05, 0) is 23.6 Å². The first-order valence-corrected chi connectivity index (χ1v) is 7.12. The van der Waals surface area contributed by atoms with Crippen molar-refractivity contribution >= 4 is 23.1 Å². The summed E-state index contributed by atoms with van der Waals surface area (Å²) in [6.07, 6.45) is -4.49. The van der Waals surface area contributed by atoms with E-state index in [0.29, 0.717) is 0 Å². The monoisotopic (exact) mass is 328 g/mol. The van der Waals surface area contributed by atoms with Crippen LogP contribution in [0, 0.1) is 0 Å². The fourth-order valence-corrected chi connectivity index (χ4v) is 2.40. The Morgan fingerprint density at radius 2 is 1.91 bits per heavy atom. The lowest BCUT2D eigenvalue weighted by molar-refractivity contribution is -0.141. The van der Waals surface area contributed by atoms with Crippen LogP contribution in [0.15, 0.2) is 41.8 Å². The van der Waals surface area contributed by atoms with Crippen molar-refractivity contribution < 1.29 is 27.5 Å². The Balaban J connectivity index is 1.93. The lowest BCUT2D eigenvalue weighted by atomic mass is 10.1. The van der Waals surface area contributed by atoms with Crippen LogP contribution in [0.4, 0.5) is 13.2 Å². The van der Waals surface area contributed by atoms with Gasteiger partial charge in [-0.3, -0.25) is 9.59 Å². The van der Waals surface area contributed by atoms with Crippen LogP contribution in [0.1, 0.15) is 20.8 Å². The molecule has 116 valence electrons. The molecule has 1 aromatic heterocycles. The van der Waals surface area contributed by atoms with Gasteiger partial charge in [-0.25, -0.2) is 0 Å². The molecule has 3 nitrogen and oxygen atoms in total. The van der Waals surface area contributed by atoms with Gasteiger partial charge in [0.15, 0.2) is 12.4 Å². The predicted octanol–water partition coefficient (Wildman–Crippen LogP) is 3.74. The number of ketones is 1. The fraction of sp³-hybridized carbons (Fsp3) is 0.200. The van der Waals surface area contributed by atoms with Gasteiger partial charge in [0, 0.05) is 10.4 Å². The van der Waals surface area contributed by atoms with Gasteiger partial charge < -0.3 is 4.74 Å². The van der Waals surface area contributed by atoms with E-state index in [4.69, 9.17) is 4.74 Å². The highest BCUT2D eigenvalue weighted by Crippen LogP contribution is 2.29. The van der Waals surface area contributed by atoms with E-state index in [-0.39, 0.29) is 12.0 Å². The molecule has 0 saturated carbocycles. The molecule has 0 amide bonds. The molecule has 2 aromatic rings. The molecule has 0 aliphatic heterocycles. The summed E-state index contributed by atoms with van der Waals surface area (Å²) in [4.78, 5) is 24.1. The largest absolute Gasteiger partial charge is 0.457 e. The quantitative estimate of drug-likeness (QED) is 0.620. The fourth-order valence-electron chi connectivity index (χ4n) is 1.70. The van der Waals surface area contributed by atoms with Crippen LogP contribution < -0.4 is 0 Å². The first-order chi connectivity index (χ1) is 10.4. The molecule has 7 heteroatoms. The summed E-state index contributed by atoms with van der Waals surface area (Å²) < 4.78 is 42.5. The molecule has 0 aliphatic carbocycles. The average molecular weight is 328 g/mol. The topological polar surface area (TPSA) is 43.4 Å². The maximum absolute atomic E-state index is 12.6. The van der Waals surface area contributed by atoms with Gasteiger partial charge in [-0.15, -0.1) is 11.3 Å². The predicted molar refractivity (Wildman–Crippen MR) is 74.8 cm³/mol. The van der Waals surface area contributed by atoms with Crippen molar-refractivity contribution in [2.24, 2.45) is 0 Å². The molecule has 0 atom stereocenters. The van der Waals surface area contributed by atoms with Crippen molar-refractivity contribution in [1.29, 1.82) is 0 Å². The molecule has 1 heterocycles.